The molecule has 1 aromatic carbocycles. The van der Waals surface area contributed by atoms with Crippen molar-refractivity contribution in [3.05, 3.63) is 58.4 Å². The van der Waals surface area contributed by atoms with Gasteiger partial charge >= 0.3 is 11.9 Å². The SMILES string of the molecule is Cc1[nH]c(C(=O)OC(C)C(=O)N2CCN(Cc3ccccc3)CC2)c(C)c1C(=O)OC(C)C. The molecule has 1 fully saturated rings. The molecule has 1 N–H and O–H groups in total. The van der Waals surface area contributed by atoms with Gasteiger partial charge in [-0.15, -0.1) is 0 Å². The van der Waals surface area contributed by atoms with E-state index < -0.39 is 18.0 Å². The van der Waals surface area contributed by atoms with Crippen molar-refractivity contribution in [1.29, 1.82) is 0 Å². The lowest BCUT2D eigenvalue weighted by molar-refractivity contribution is -0.141. The molecule has 1 aromatic heterocycles. The summed E-state index contributed by atoms with van der Waals surface area (Å²) in [5.41, 5.74) is 2.71. The van der Waals surface area contributed by atoms with Crippen molar-refractivity contribution in [2.45, 2.75) is 53.4 Å². The van der Waals surface area contributed by atoms with E-state index in [-0.39, 0.29) is 17.7 Å². The minimum absolute atomic E-state index is 0.163. The first-order valence-corrected chi connectivity index (χ1v) is 11.3. The van der Waals surface area contributed by atoms with Gasteiger partial charge in [-0.05, 0) is 45.7 Å². The minimum atomic E-state index is -0.924. The van der Waals surface area contributed by atoms with Gasteiger partial charge in [-0.2, -0.15) is 0 Å². The monoisotopic (exact) mass is 455 g/mol. The maximum atomic E-state index is 12.9. The molecule has 1 amide bonds. The van der Waals surface area contributed by atoms with Crippen LogP contribution in [0.5, 0.6) is 0 Å². The first kappa shape index (κ1) is 24.5. The summed E-state index contributed by atoms with van der Waals surface area (Å²) < 4.78 is 10.7. The standard InChI is InChI=1S/C25H33N3O5/c1-16(2)32-24(30)21-17(3)22(26-18(21)4)25(31)33-19(5)23(29)28-13-11-27(12-14-28)15-20-9-7-6-8-10-20/h6-10,16,19,26H,11-15H2,1-5H3. The maximum absolute atomic E-state index is 12.9. The predicted octanol–water partition coefficient (Wildman–Crippen LogP) is 3.09. The van der Waals surface area contributed by atoms with Crippen molar-refractivity contribution < 1.29 is 23.9 Å². The molecule has 8 nitrogen and oxygen atoms in total. The second-order valence-electron chi connectivity index (χ2n) is 8.71. The first-order valence-electron chi connectivity index (χ1n) is 11.3. The fraction of sp³-hybridized carbons (Fsp3) is 0.480. The highest BCUT2D eigenvalue weighted by Crippen LogP contribution is 2.21. The molecule has 1 aliphatic heterocycles. The first-order chi connectivity index (χ1) is 15.7. The van der Waals surface area contributed by atoms with E-state index in [0.717, 1.165) is 19.6 Å². The van der Waals surface area contributed by atoms with Gasteiger partial charge in [-0.25, -0.2) is 9.59 Å². The Balaban J connectivity index is 1.56. The lowest BCUT2D eigenvalue weighted by Gasteiger charge is -2.35. The van der Waals surface area contributed by atoms with Crippen LogP contribution >= 0.6 is 0 Å². The summed E-state index contributed by atoms with van der Waals surface area (Å²) in [6.07, 6.45) is -1.19. The van der Waals surface area contributed by atoms with Crippen LogP contribution in [0.3, 0.4) is 0 Å². The molecule has 33 heavy (non-hydrogen) atoms. The van der Waals surface area contributed by atoms with Gasteiger partial charge in [0, 0.05) is 38.4 Å². The second kappa shape index (κ2) is 10.7. The van der Waals surface area contributed by atoms with Crippen LogP contribution in [0.2, 0.25) is 0 Å². The average Bonchev–Trinajstić information content (AvgIpc) is 3.08. The number of aryl methyl sites for hydroxylation is 1. The molecule has 178 valence electrons. The van der Waals surface area contributed by atoms with Crippen molar-refractivity contribution >= 4 is 17.8 Å². The average molecular weight is 456 g/mol. The smallest absolute Gasteiger partial charge is 0.355 e. The minimum Gasteiger partial charge on any atom is -0.459 e. The van der Waals surface area contributed by atoms with Crippen LogP contribution in [-0.4, -0.2) is 71.0 Å². The number of aromatic amines is 1. The molecule has 1 saturated heterocycles. The fourth-order valence-electron chi connectivity index (χ4n) is 4.03. The fourth-order valence-corrected chi connectivity index (χ4v) is 4.03. The van der Waals surface area contributed by atoms with Crippen molar-refractivity contribution in [2.24, 2.45) is 0 Å². The summed E-state index contributed by atoms with van der Waals surface area (Å²) in [5, 5.41) is 0. The zero-order valence-corrected chi connectivity index (χ0v) is 20.0. The summed E-state index contributed by atoms with van der Waals surface area (Å²) in [7, 11) is 0. The molecule has 0 bridgehead atoms. The third-order valence-corrected chi connectivity index (χ3v) is 5.75. The van der Waals surface area contributed by atoms with Crippen molar-refractivity contribution in [2.75, 3.05) is 26.2 Å². The highest BCUT2D eigenvalue weighted by molar-refractivity contribution is 5.99. The number of carbonyl (C=O) groups is 3. The van der Waals surface area contributed by atoms with Crippen LogP contribution in [0.4, 0.5) is 0 Å². The van der Waals surface area contributed by atoms with E-state index in [1.807, 2.05) is 18.2 Å². The van der Waals surface area contributed by atoms with E-state index in [1.165, 1.54) is 5.56 Å². The molecule has 0 radical (unpaired) electrons. The highest BCUT2D eigenvalue weighted by Gasteiger charge is 2.30. The van der Waals surface area contributed by atoms with Gasteiger partial charge in [0.25, 0.3) is 5.91 Å². The highest BCUT2D eigenvalue weighted by atomic mass is 16.6. The van der Waals surface area contributed by atoms with Gasteiger partial charge in [0.1, 0.15) is 5.69 Å². The van der Waals surface area contributed by atoms with Gasteiger partial charge in [-0.3, -0.25) is 9.69 Å². The van der Waals surface area contributed by atoms with Gasteiger partial charge in [0.2, 0.25) is 0 Å². The van der Waals surface area contributed by atoms with Crippen LogP contribution in [0.15, 0.2) is 30.3 Å². The Bertz CT molecular complexity index is 991. The Labute approximate surface area is 194 Å². The number of ether oxygens (including phenoxy) is 2. The molecule has 1 atom stereocenters. The number of carbonyl (C=O) groups excluding carboxylic acids is 3. The summed E-state index contributed by atoms with van der Waals surface area (Å²) in [5.74, 6) is -1.38. The van der Waals surface area contributed by atoms with Crippen molar-refractivity contribution in [1.82, 2.24) is 14.8 Å². The number of piperazine rings is 1. The molecule has 2 aromatic rings. The second-order valence-corrected chi connectivity index (χ2v) is 8.71. The number of rotatable bonds is 7. The van der Waals surface area contributed by atoms with Crippen LogP contribution in [0.1, 0.15) is 58.4 Å². The summed E-state index contributed by atoms with van der Waals surface area (Å²) in [6, 6.07) is 10.2. The molecule has 0 spiro atoms. The molecular formula is C25H33N3O5. The largest absolute Gasteiger partial charge is 0.459 e. The number of aromatic nitrogens is 1. The molecule has 2 heterocycles. The predicted molar refractivity (Wildman–Crippen MR) is 124 cm³/mol. The zero-order valence-electron chi connectivity index (χ0n) is 20.0. The lowest BCUT2D eigenvalue weighted by atomic mass is 10.1. The Hall–Kier alpha value is -3.13. The van der Waals surface area contributed by atoms with E-state index in [2.05, 4.69) is 22.0 Å². The Morgan fingerprint density at radius 3 is 2.18 bits per heavy atom. The molecular weight excluding hydrogens is 422 g/mol. The van der Waals surface area contributed by atoms with Gasteiger partial charge in [-0.1, -0.05) is 30.3 Å². The van der Waals surface area contributed by atoms with E-state index in [9.17, 15) is 14.4 Å². The third-order valence-electron chi connectivity index (χ3n) is 5.75. The van der Waals surface area contributed by atoms with Crippen LogP contribution in [-0.2, 0) is 20.8 Å². The maximum Gasteiger partial charge on any atom is 0.355 e. The van der Waals surface area contributed by atoms with Gasteiger partial charge in [0.05, 0.1) is 11.7 Å². The number of amides is 1. The Kier molecular flexibility index (Phi) is 7.92. The topological polar surface area (TPSA) is 91.9 Å². The molecule has 1 aliphatic rings. The summed E-state index contributed by atoms with van der Waals surface area (Å²) in [4.78, 5) is 44.9. The third kappa shape index (κ3) is 6.01. The van der Waals surface area contributed by atoms with E-state index in [0.29, 0.717) is 29.9 Å². The van der Waals surface area contributed by atoms with Crippen LogP contribution in [0.25, 0.3) is 0 Å². The zero-order chi connectivity index (χ0) is 24.1. The van der Waals surface area contributed by atoms with E-state index in [1.54, 1.807) is 39.5 Å². The van der Waals surface area contributed by atoms with Crippen molar-refractivity contribution in [3.63, 3.8) is 0 Å². The Morgan fingerprint density at radius 2 is 1.58 bits per heavy atom. The van der Waals surface area contributed by atoms with Crippen LogP contribution in [0, 0.1) is 13.8 Å². The number of esters is 2. The van der Waals surface area contributed by atoms with E-state index >= 15 is 0 Å². The summed E-state index contributed by atoms with van der Waals surface area (Å²) in [6.45, 7) is 12.0. The molecule has 8 heteroatoms. The van der Waals surface area contributed by atoms with E-state index in [4.69, 9.17) is 9.47 Å². The molecule has 0 saturated carbocycles. The summed E-state index contributed by atoms with van der Waals surface area (Å²) >= 11 is 0. The molecule has 3 rings (SSSR count). The molecule has 1 unspecified atom stereocenters. The van der Waals surface area contributed by atoms with Gasteiger partial charge in [0.15, 0.2) is 6.10 Å². The number of nitrogens with one attached hydrogen (secondary N) is 1. The number of H-pyrrole nitrogens is 1. The molecule has 0 aliphatic carbocycles. The Morgan fingerprint density at radius 1 is 0.939 bits per heavy atom. The van der Waals surface area contributed by atoms with Crippen molar-refractivity contribution in [3.8, 4) is 0 Å². The van der Waals surface area contributed by atoms with Gasteiger partial charge < -0.3 is 19.4 Å². The lowest BCUT2D eigenvalue weighted by Crippen LogP contribution is -2.51. The normalized spacial score (nSPS) is 15.4. The number of benzene rings is 1. The number of nitrogens with zero attached hydrogens (tertiary/aromatic N) is 2. The van der Waals surface area contributed by atoms with Crippen LogP contribution < -0.4 is 0 Å². The number of hydrogen-bond donors (Lipinski definition) is 1. The quantitative estimate of drug-likeness (QED) is 0.645. The number of hydrogen-bond acceptors (Lipinski definition) is 6.